The molecule has 0 amide bonds. The lowest BCUT2D eigenvalue weighted by molar-refractivity contribution is 0.0586. The molecule has 0 spiro atoms. The first-order valence-corrected chi connectivity index (χ1v) is 7.97. The third-order valence-electron chi connectivity index (χ3n) is 3.98. The van der Waals surface area contributed by atoms with Crippen molar-refractivity contribution in [3.8, 4) is 5.75 Å². The normalized spacial score (nSPS) is 10.8. The Hall–Kier alpha value is -3.62. The van der Waals surface area contributed by atoms with E-state index < -0.39 is 22.8 Å². The van der Waals surface area contributed by atoms with Gasteiger partial charge in [-0.1, -0.05) is 0 Å². The van der Waals surface area contributed by atoms with Gasteiger partial charge in [0, 0.05) is 12.1 Å². The van der Waals surface area contributed by atoms with Crippen LogP contribution in [0.4, 0.5) is 0 Å². The van der Waals surface area contributed by atoms with E-state index >= 15 is 0 Å². The quantitative estimate of drug-likeness (QED) is 0.522. The number of hydrogen-bond acceptors (Lipinski definition) is 7. The molecule has 9 nitrogen and oxygen atoms in total. The lowest BCUT2D eigenvalue weighted by atomic mass is 10.1. The summed E-state index contributed by atoms with van der Waals surface area (Å²) in [6.45, 7) is 1.93. The Morgan fingerprint density at radius 3 is 1.67 bits per heavy atom. The molecular formula is C18H16N2O7. The van der Waals surface area contributed by atoms with E-state index in [1.54, 1.807) is 6.92 Å². The van der Waals surface area contributed by atoms with Crippen molar-refractivity contribution >= 4 is 33.7 Å². The third kappa shape index (κ3) is 3.03. The number of aromatic nitrogens is 2. The highest BCUT2D eigenvalue weighted by Gasteiger charge is 2.19. The molecule has 3 rings (SSSR count). The number of carbonyl (C=O) groups is 2. The average molecular weight is 372 g/mol. The van der Waals surface area contributed by atoms with Crippen LogP contribution in [0.25, 0.3) is 21.8 Å². The SMILES string of the molecule is CCOc1c2[nH]c(C(=O)OC)cc(=O)c2cc2c(=O)cc(C(=O)OC)[nH]c12. The van der Waals surface area contributed by atoms with E-state index in [0.717, 1.165) is 12.1 Å². The molecule has 2 heterocycles. The van der Waals surface area contributed by atoms with Crippen molar-refractivity contribution in [3.63, 3.8) is 0 Å². The van der Waals surface area contributed by atoms with Crippen LogP contribution in [0.15, 0.2) is 27.8 Å². The van der Waals surface area contributed by atoms with E-state index in [0.29, 0.717) is 0 Å². The first-order valence-electron chi connectivity index (χ1n) is 7.97. The molecule has 0 radical (unpaired) electrons. The van der Waals surface area contributed by atoms with Crippen molar-refractivity contribution in [1.82, 2.24) is 9.97 Å². The fourth-order valence-electron chi connectivity index (χ4n) is 2.78. The molecule has 0 bridgehead atoms. The molecule has 140 valence electrons. The number of carbonyl (C=O) groups excluding carboxylic acids is 2. The molecule has 27 heavy (non-hydrogen) atoms. The Kier molecular flexibility index (Phi) is 4.68. The van der Waals surface area contributed by atoms with Crippen LogP contribution < -0.4 is 15.6 Å². The van der Waals surface area contributed by atoms with E-state index in [-0.39, 0.29) is 45.6 Å². The van der Waals surface area contributed by atoms with Gasteiger partial charge in [-0.05, 0) is 13.0 Å². The Morgan fingerprint density at radius 2 is 1.30 bits per heavy atom. The van der Waals surface area contributed by atoms with Crippen molar-refractivity contribution in [3.05, 3.63) is 50.0 Å². The molecule has 0 atom stereocenters. The number of rotatable bonds is 4. The molecule has 0 saturated heterocycles. The summed E-state index contributed by atoms with van der Waals surface area (Å²) in [6, 6.07) is 3.56. The van der Waals surface area contributed by atoms with Crippen LogP contribution in [-0.4, -0.2) is 42.7 Å². The van der Waals surface area contributed by atoms with Gasteiger partial charge in [0.05, 0.1) is 42.6 Å². The van der Waals surface area contributed by atoms with Crippen LogP contribution in [0.2, 0.25) is 0 Å². The number of methoxy groups -OCH3 is 2. The van der Waals surface area contributed by atoms with E-state index in [9.17, 15) is 19.2 Å². The Bertz CT molecular complexity index is 1100. The maximum Gasteiger partial charge on any atom is 0.354 e. The van der Waals surface area contributed by atoms with Gasteiger partial charge in [0.1, 0.15) is 11.4 Å². The van der Waals surface area contributed by atoms with Crippen molar-refractivity contribution in [2.45, 2.75) is 6.92 Å². The molecule has 1 aromatic carbocycles. The molecule has 0 aliphatic carbocycles. The number of nitrogens with one attached hydrogen (secondary N) is 2. The minimum absolute atomic E-state index is 0.0678. The van der Waals surface area contributed by atoms with Gasteiger partial charge in [-0.15, -0.1) is 0 Å². The molecule has 2 aromatic heterocycles. The number of hydrogen-bond donors (Lipinski definition) is 2. The number of pyridine rings is 2. The summed E-state index contributed by atoms with van der Waals surface area (Å²) in [6.07, 6.45) is 0. The van der Waals surface area contributed by atoms with Gasteiger partial charge < -0.3 is 24.2 Å². The second-order valence-corrected chi connectivity index (χ2v) is 5.56. The lowest BCUT2D eigenvalue weighted by Gasteiger charge is -2.13. The third-order valence-corrected chi connectivity index (χ3v) is 3.98. The van der Waals surface area contributed by atoms with Crippen LogP contribution in [0.3, 0.4) is 0 Å². The van der Waals surface area contributed by atoms with Gasteiger partial charge in [-0.3, -0.25) is 9.59 Å². The molecule has 9 heteroatoms. The summed E-state index contributed by atoms with van der Waals surface area (Å²) in [5.41, 5.74) is -0.694. The van der Waals surface area contributed by atoms with Gasteiger partial charge in [0.2, 0.25) is 0 Å². The second kappa shape index (κ2) is 6.94. The van der Waals surface area contributed by atoms with Gasteiger partial charge >= 0.3 is 11.9 Å². The van der Waals surface area contributed by atoms with Crippen LogP contribution >= 0.6 is 0 Å². The molecule has 0 unspecified atom stereocenters. The summed E-state index contributed by atoms with van der Waals surface area (Å²) >= 11 is 0. The molecule has 0 saturated carbocycles. The van der Waals surface area contributed by atoms with E-state index in [2.05, 4.69) is 19.4 Å². The van der Waals surface area contributed by atoms with Crippen molar-refractivity contribution in [1.29, 1.82) is 0 Å². The monoisotopic (exact) mass is 372 g/mol. The maximum atomic E-state index is 12.5. The van der Waals surface area contributed by atoms with E-state index in [4.69, 9.17) is 4.74 Å². The number of aromatic amines is 2. The minimum atomic E-state index is -0.728. The lowest BCUT2D eigenvalue weighted by Crippen LogP contribution is -2.15. The number of H-pyrrole nitrogens is 2. The van der Waals surface area contributed by atoms with Crippen LogP contribution in [0.1, 0.15) is 27.9 Å². The number of ether oxygens (including phenoxy) is 3. The zero-order valence-electron chi connectivity index (χ0n) is 14.8. The van der Waals surface area contributed by atoms with Crippen LogP contribution in [0, 0.1) is 0 Å². The number of esters is 2. The zero-order valence-corrected chi connectivity index (χ0v) is 14.8. The van der Waals surface area contributed by atoms with Gasteiger partial charge in [0.25, 0.3) is 0 Å². The first kappa shape index (κ1) is 18.2. The topological polar surface area (TPSA) is 128 Å². The first-order chi connectivity index (χ1) is 12.9. The van der Waals surface area contributed by atoms with Crippen LogP contribution in [0.5, 0.6) is 5.75 Å². The smallest absolute Gasteiger partial charge is 0.354 e. The molecule has 2 N–H and O–H groups in total. The summed E-state index contributed by atoms with van der Waals surface area (Å²) in [5.74, 6) is -1.32. The maximum absolute atomic E-state index is 12.5. The standard InChI is InChI=1S/C18H16N2O7/c1-4-27-16-14-8(12(21)6-10(19-14)17(23)25-2)5-9-13(22)7-11(18(24)26-3)20-15(9)16/h5-7H,4H2,1-3H3,(H,19,21)(H,20,22). The summed E-state index contributed by atoms with van der Waals surface area (Å²) in [4.78, 5) is 54.2. The van der Waals surface area contributed by atoms with E-state index in [1.165, 1.54) is 20.3 Å². The van der Waals surface area contributed by atoms with E-state index in [1.807, 2.05) is 0 Å². The van der Waals surface area contributed by atoms with Gasteiger partial charge in [0.15, 0.2) is 16.6 Å². The fourth-order valence-corrected chi connectivity index (χ4v) is 2.78. The van der Waals surface area contributed by atoms with Crippen molar-refractivity contribution < 1.29 is 23.8 Å². The highest BCUT2D eigenvalue weighted by molar-refractivity contribution is 6.04. The fraction of sp³-hybridized carbons (Fsp3) is 0.222. The highest BCUT2D eigenvalue weighted by atomic mass is 16.5. The van der Waals surface area contributed by atoms with Gasteiger partial charge in [-0.25, -0.2) is 9.59 Å². The molecule has 0 fully saturated rings. The predicted octanol–water partition coefficient (Wildman–Crippen LogP) is 1.34. The average Bonchev–Trinajstić information content (AvgIpc) is 2.67. The summed E-state index contributed by atoms with van der Waals surface area (Å²) < 4.78 is 14.9. The number of fused-ring (bicyclic) bond motifs is 2. The molecule has 3 aromatic rings. The van der Waals surface area contributed by atoms with Crippen LogP contribution in [-0.2, 0) is 9.47 Å². The largest absolute Gasteiger partial charge is 0.489 e. The molecule has 0 aliphatic rings. The minimum Gasteiger partial charge on any atom is -0.489 e. The van der Waals surface area contributed by atoms with Crippen molar-refractivity contribution in [2.75, 3.05) is 20.8 Å². The molecular weight excluding hydrogens is 356 g/mol. The van der Waals surface area contributed by atoms with Gasteiger partial charge in [-0.2, -0.15) is 0 Å². The Labute approximate surface area is 151 Å². The number of benzene rings is 1. The van der Waals surface area contributed by atoms with Crippen molar-refractivity contribution in [2.24, 2.45) is 0 Å². The highest BCUT2D eigenvalue weighted by Crippen LogP contribution is 2.30. The zero-order chi connectivity index (χ0) is 19.7. The summed E-state index contributed by atoms with van der Waals surface area (Å²) in [7, 11) is 2.38. The molecule has 0 aliphatic heterocycles. The Balaban J connectivity index is 2.50. The predicted molar refractivity (Wildman–Crippen MR) is 96.5 cm³/mol. The second-order valence-electron chi connectivity index (χ2n) is 5.56. The Morgan fingerprint density at radius 1 is 0.852 bits per heavy atom. The summed E-state index contributed by atoms with van der Waals surface area (Å²) in [5, 5.41) is 0.324.